The van der Waals surface area contributed by atoms with Crippen molar-refractivity contribution in [3.8, 4) is 5.88 Å². The summed E-state index contributed by atoms with van der Waals surface area (Å²) in [6, 6.07) is 1.18. The molecule has 0 radical (unpaired) electrons. The molecule has 0 aliphatic rings. The average molecular weight is 184 g/mol. The number of carboxylic acid groups (broad SMARTS) is 1. The van der Waals surface area contributed by atoms with Gasteiger partial charge in [-0.05, 0) is 0 Å². The van der Waals surface area contributed by atoms with Crippen molar-refractivity contribution in [2.75, 3.05) is 7.11 Å². The Balaban J connectivity index is 3.42. The van der Waals surface area contributed by atoms with Crippen LogP contribution in [0, 0.1) is 0 Å². The molecule has 70 valence electrons. The van der Waals surface area contributed by atoms with Gasteiger partial charge in [-0.25, -0.2) is 9.59 Å². The van der Waals surface area contributed by atoms with E-state index in [0.29, 0.717) is 0 Å². The summed E-state index contributed by atoms with van der Waals surface area (Å²) >= 11 is 0. The third kappa shape index (κ3) is 1.66. The van der Waals surface area contributed by atoms with E-state index < -0.39 is 11.7 Å². The summed E-state index contributed by atoms with van der Waals surface area (Å²) in [7, 11) is 2.64. The molecule has 0 aliphatic carbocycles. The number of hydrogen-bond donors (Lipinski definition) is 1. The molecule has 0 amide bonds. The molecule has 0 aromatic carbocycles. The fourth-order valence-corrected chi connectivity index (χ4v) is 0.828. The van der Waals surface area contributed by atoms with E-state index >= 15 is 0 Å². The molecule has 0 spiro atoms. The lowest BCUT2D eigenvalue weighted by Gasteiger charge is -2.03. The molecule has 0 aliphatic heterocycles. The second-order valence-corrected chi connectivity index (χ2v) is 2.33. The quantitative estimate of drug-likeness (QED) is 0.669. The third-order valence-electron chi connectivity index (χ3n) is 1.54. The van der Waals surface area contributed by atoms with Gasteiger partial charge in [0.2, 0.25) is 5.88 Å². The molecule has 1 rings (SSSR count). The molecule has 0 saturated carbocycles. The molecule has 0 unspecified atom stereocenters. The van der Waals surface area contributed by atoms with E-state index in [0.717, 1.165) is 4.57 Å². The van der Waals surface area contributed by atoms with Crippen LogP contribution in [0.4, 0.5) is 0 Å². The van der Waals surface area contributed by atoms with Gasteiger partial charge in [0.15, 0.2) is 0 Å². The minimum absolute atomic E-state index is 0.000463. The number of carbonyl (C=O) groups is 1. The van der Waals surface area contributed by atoms with Crippen LogP contribution in [0.5, 0.6) is 5.88 Å². The fraction of sp³-hybridized carbons (Fsp3) is 0.286. The van der Waals surface area contributed by atoms with Crippen molar-refractivity contribution in [1.82, 2.24) is 9.55 Å². The predicted molar refractivity (Wildman–Crippen MR) is 43.0 cm³/mol. The van der Waals surface area contributed by atoms with Gasteiger partial charge >= 0.3 is 11.7 Å². The van der Waals surface area contributed by atoms with Crippen LogP contribution in [0.2, 0.25) is 0 Å². The highest BCUT2D eigenvalue weighted by Crippen LogP contribution is 2.04. The highest BCUT2D eigenvalue weighted by molar-refractivity contribution is 5.85. The van der Waals surface area contributed by atoms with Gasteiger partial charge in [-0.1, -0.05) is 0 Å². The molecule has 1 heterocycles. The summed E-state index contributed by atoms with van der Waals surface area (Å²) in [4.78, 5) is 25.1. The topological polar surface area (TPSA) is 81.4 Å². The van der Waals surface area contributed by atoms with Crippen molar-refractivity contribution >= 4 is 5.97 Å². The van der Waals surface area contributed by atoms with Gasteiger partial charge < -0.3 is 9.84 Å². The third-order valence-corrected chi connectivity index (χ3v) is 1.54. The van der Waals surface area contributed by atoms with Crippen molar-refractivity contribution in [2.24, 2.45) is 7.05 Å². The van der Waals surface area contributed by atoms with Crippen molar-refractivity contribution in [1.29, 1.82) is 0 Å². The van der Waals surface area contributed by atoms with Gasteiger partial charge in [0.05, 0.1) is 7.11 Å². The van der Waals surface area contributed by atoms with Gasteiger partial charge in [0.25, 0.3) is 0 Å². The molecule has 0 bridgehead atoms. The largest absolute Gasteiger partial charge is 0.481 e. The molecule has 13 heavy (non-hydrogen) atoms. The maximum Gasteiger partial charge on any atom is 0.352 e. The highest BCUT2D eigenvalue weighted by atomic mass is 16.5. The zero-order chi connectivity index (χ0) is 10.0. The van der Waals surface area contributed by atoms with E-state index in [1.165, 1.54) is 20.2 Å². The standard InChI is InChI=1S/C7H8N2O4/c1-9-4(6(10)11)3-5(13-2)8-7(9)12/h3H,1-2H3,(H,10,11). The first-order chi connectivity index (χ1) is 6.06. The molecule has 1 aromatic rings. The van der Waals surface area contributed by atoms with Gasteiger partial charge in [0, 0.05) is 13.1 Å². The number of hydrogen-bond acceptors (Lipinski definition) is 4. The first-order valence-electron chi connectivity index (χ1n) is 3.41. The molecule has 0 atom stereocenters. The number of methoxy groups -OCH3 is 1. The Morgan fingerprint density at radius 2 is 2.31 bits per heavy atom. The van der Waals surface area contributed by atoms with Crippen LogP contribution in [0.25, 0.3) is 0 Å². The lowest BCUT2D eigenvalue weighted by atomic mass is 10.4. The minimum Gasteiger partial charge on any atom is -0.481 e. The van der Waals surface area contributed by atoms with Crippen molar-refractivity contribution < 1.29 is 14.6 Å². The zero-order valence-corrected chi connectivity index (χ0v) is 7.14. The van der Waals surface area contributed by atoms with Crippen LogP contribution in [0.15, 0.2) is 10.9 Å². The van der Waals surface area contributed by atoms with Crippen LogP contribution in [-0.2, 0) is 7.05 Å². The van der Waals surface area contributed by atoms with E-state index in [-0.39, 0.29) is 11.6 Å². The average Bonchev–Trinajstić information content (AvgIpc) is 2.09. The molecule has 6 nitrogen and oxygen atoms in total. The Labute approximate surface area is 73.4 Å². The highest BCUT2D eigenvalue weighted by Gasteiger charge is 2.11. The second kappa shape index (κ2) is 3.26. The van der Waals surface area contributed by atoms with Crippen molar-refractivity contribution in [3.63, 3.8) is 0 Å². The number of rotatable bonds is 2. The van der Waals surface area contributed by atoms with Crippen molar-refractivity contribution in [3.05, 3.63) is 22.2 Å². The predicted octanol–water partition coefficient (Wildman–Crippen LogP) is -0.513. The first-order valence-corrected chi connectivity index (χ1v) is 3.41. The minimum atomic E-state index is -1.19. The molecular formula is C7H8N2O4. The molecular weight excluding hydrogens is 176 g/mol. The Bertz CT molecular complexity index is 396. The number of aromatic nitrogens is 2. The Hall–Kier alpha value is -1.85. The molecule has 0 saturated heterocycles. The molecule has 1 N–H and O–H groups in total. The summed E-state index contributed by atoms with van der Waals surface area (Å²) in [5.74, 6) is -1.19. The van der Waals surface area contributed by atoms with Gasteiger partial charge in [-0.3, -0.25) is 4.57 Å². The summed E-state index contributed by atoms with van der Waals surface area (Å²) in [5, 5.41) is 8.67. The summed E-state index contributed by atoms with van der Waals surface area (Å²) in [6.45, 7) is 0. The Morgan fingerprint density at radius 1 is 1.69 bits per heavy atom. The van der Waals surface area contributed by atoms with Crippen molar-refractivity contribution in [2.45, 2.75) is 0 Å². The lowest BCUT2D eigenvalue weighted by Crippen LogP contribution is -2.25. The van der Waals surface area contributed by atoms with E-state index in [1.807, 2.05) is 0 Å². The van der Waals surface area contributed by atoms with Gasteiger partial charge in [-0.15, -0.1) is 0 Å². The maximum atomic E-state index is 11.0. The number of aromatic carboxylic acids is 1. The summed E-state index contributed by atoms with van der Waals surface area (Å²) < 4.78 is 5.59. The van der Waals surface area contributed by atoms with Crippen LogP contribution < -0.4 is 10.4 Å². The van der Waals surface area contributed by atoms with Crippen LogP contribution in [-0.4, -0.2) is 27.7 Å². The monoisotopic (exact) mass is 184 g/mol. The Kier molecular flexibility index (Phi) is 2.32. The van der Waals surface area contributed by atoms with Gasteiger partial charge in [-0.2, -0.15) is 4.98 Å². The lowest BCUT2D eigenvalue weighted by molar-refractivity contribution is 0.0684. The maximum absolute atomic E-state index is 11.0. The summed E-state index contributed by atoms with van der Waals surface area (Å²) in [6.07, 6.45) is 0. The van der Waals surface area contributed by atoms with E-state index in [1.54, 1.807) is 0 Å². The second-order valence-electron chi connectivity index (χ2n) is 2.33. The van der Waals surface area contributed by atoms with E-state index in [2.05, 4.69) is 9.72 Å². The summed E-state index contributed by atoms with van der Waals surface area (Å²) in [5.41, 5.74) is -0.811. The SMILES string of the molecule is COc1cc(C(=O)O)n(C)c(=O)n1. The first kappa shape index (κ1) is 9.24. The fourth-order valence-electron chi connectivity index (χ4n) is 0.828. The van der Waals surface area contributed by atoms with Crippen LogP contribution >= 0.6 is 0 Å². The normalized spacial score (nSPS) is 9.69. The zero-order valence-electron chi connectivity index (χ0n) is 7.14. The smallest absolute Gasteiger partial charge is 0.352 e. The molecule has 0 fully saturated rings. The Morgan fingerprint density at radius 3 is 2.77 bits per heavy atom. The van der Waals surface area contributed by atoms with E-state index in [4.69, 9.17) is 5.11 Å². The van der Waals surface area contributed by atoms with E-state index in [9.17, 15) is 9.59 Å². The molecule has 6 heteroatoms. The number of nitrogens with zero attached hydrogens (tertiary/aromatic N) is 2. The number of carboxylic acids is 1. The molecule has 1 aromatic heterocycles. The van der Waals surface area contributed by atoms with Crippen LogP contribution in [0.3, 0.4) is 0 Å². The van der Waals surface area contributed by atoms with Crippen LogP contribution in [0.1, 0.15) is 10.5 Å². The number of ether oxygens (including phenoxy) is 1. The van der Waals surface area contributed by atoms with Gasteiger partial charge in [0.1, 0.15) is 5.69 Å².